The minimum Gasteiger partial charge on any atom is -0.491 e. The van der Waals surface area contributed by atoms with Crippen LogP contribution in [0.5, 0.6) is 0 Å². The maximum absolute atomic E-state index is 14.5. The molecule has 0 aliphatic heterocycles. The van der Waals surface area contributed by atoms with Crippen molar-refractivity contribution in [2.75, 3.05) is 6.79 Å². The normalized spacial score (nSPS) is 36.0. The van der Waals surface area contributed by atoms with E-state index in [1.54, 1.807) is 20.8 Å². The molecule has 1 aromatic rings. The highest BCUT2D eigenvalue weighted by Crippen LogP contribution is 2.74. The second-order valence-corrected chi connectivity index (χ2v) is 20.8. The van der Waals surface area contributed by atoms with Crippen LogP contribution >= 0.6 is 31.9 Å². The Kier molecular flexibility index (Phi) is 12.4. The summed E-state index contributed by atoms with van der Waals surface area (Å²) in [5.74, 6) is 1.60. The molecule has 0 saturated heterocycles. The fourth-order valence-corrected chi connectivity index (χ4v) is 12.9. The predicted molar refractivity (Wildman–Crippen MR) is 219 cm³/mol. The predicted octanol–water partition coefficient (Wildman–Crippen LogP) is 12.0. The molecule has 4 fully saturated rings. The van der Waals surface area contributed by atoms with Gasteiger partial charge in [0, 0.05) is 14.5 Å². The second-order valence-electron chi connectivity index (χ2n) is 19.0. The third kappa shape index (κ3) is 7.90. The Hall–Kier alpha value is -1.90. The van der Waals surface area contributed by atoms with Gasteiger partial charge >= 0.3 is 11.9 Å². The zero-order chi connectivity index (χ0) is 39.4. The first-order valence-corrected chi connectivity index (χ1v) is 21.3. The summed E-state index contributed by atoms with van der Waals surface area (Å²) >= 11 is 7.32. The van der Waals surface area contributed by atoms with Gasteiger partial charge in [0.25, 0.3) is 0 Å². The molecule has 1 unspecified atom stereocenters. The van der Waals surface area contributed by atoms with E-state index in [9.17, 15) is 14.7 Å². The van der Waals surface area contributed by atoms with Crippen molar-refractivity contribution in [1.82, 2.24) is 0 Å². The van der Waals surface area contributed by atoms with Crippen LogP contribution in [0, 0.1) is 51.2 Å². The largest absolute Gasteiger partial charge is 0.491 e. The Balaban J connectivity index is 1.61. The lowest BCUT2D eigenvalue weighted by molar-refractivity contribution is -0.229. The Morgan fingerprint density at radius 1 is 0.943 bits per heavy atom. The van der Waals surface area contributed by atoms with E-state index in [0.717, 1.165) is 56.9 Å². The lowest BCUT2D eigenvalue weighted by Gasteiger charge is -2.69. The SMILES string of the molecule is C=C(C)OC1C[C@@]2(C)[C@@H](C[C@@H](O)[C@H]3[C@@]4(C)CC[C@@H](C)[C@H](C)[C@@H]4CC[C@@]32C)/C1=C(\CCC(=C(C)C)c1cc(Br)cc(Br)c1)C(=O)OCOC(=O)C(C)(C)C. The first kappa shape index (κ1) is 42.2. The third-order valence-corrected chi connectivity index (χ3v) is 15.4. The first-order chi connectivity index (χ1) is 24.5. The van der Waals surface area contributed by atoms with Crippen molar-refractivity contribution in [1.29, 1.82) is 0 Å². The summed E-state index contributed by atoms with van der Waals surface area (Å²) in [4.78, 5) is 27.2. The highest BCUT2D eigenvalue weighted by atomic mass is 79.9. The minimum absolute atomic E-state index is 0.0404. The smallest absolute Gasteiger partial charge is 0.336 e. The number of rotatable bonds is 9. The molecule has 0 bridgehead atoms. The molecule has 5 rings (SSSR count). The van der Waals surface area contributed by atoms with Crippen molar-refractivity contribution in [3.8, 4) is 0 Å². The van der Waals surface area contributed by atoms with Crippen LogP contribution in [0.1, 0.15) is 133 Å². The molecule has 1 N–H and O–H groups in total. The molecule has 294 valence electrons. The molecule has 4 aliphatic carbocycles. The van der Waals surface area contributed by atoms with Crippen molar-refractivity contribution in [2.24, 2.45) is 51.2 Å². The molecule has 4 aliphatic rings. The zero-order valence-electron chi connectivity index (χ0n) is 34.1. The molecule has 1 aromatic carbocycles. The van der Waals surface area contributed by atoms with Gasteiger partial charge in [-0.15, -0.1) is 0 Å². The summed E-state index contributed by atoms with van der Waals surface area (Å²) in [6, 6.07) is 6.22. The molecule has 4 saturated carbocycles. The van der Waals surface area contributed by atoms with E-state index in [1.165, 1.54) is 6.42 Å². The molecule has 0 radical (unpaired) electrons. The van der Waals surface area contributed by atoms with Crippen LogP contribution in [0.3, 0.4) is 0 Å². The summed E-state index contributed by atoms with van der Waals surface area (Å²) in [7, 11) is 0. The van der Waals surface area contributed by atoms with Gasteiger partial charge in [-0.2, -0.15) is 0 Å². The van der Waals surface area contributed by atoms with Crippen molar-refractivity contribution in [3.05, 3.63) is 61.8 Å². The van der Waals surface area contributed by atoms with Gasteiger partial charge in [0.2, 0.25) is 6.79 Å². The number of hydrogen-bond donors (Lipinski definition) is 1. The van der Waals surface area contributed by atoms with Gasteiger partial charge < -0.3 is 19.3 Å². The maximum atomic E-state index is 14.5. The van der Waals surface area contributed by atoms with Crippen molar-refractivity contribution in [3.63, 3.8) is 0 Å². The number of esters is 2. The quantitative estimate of drug-likeness (QED) is 0.115. The van der Waals surface area contributed by atoms with E-state index in [0.29, 0.717) is 48.3 Å². The van der Waals surface area contributed by atoms with Crippen LogP contribution in [0.25, 0.3) is 5.57 Å². The van der Waals surface area contributed by atoms with Crippen LogP contribution in [0.4, 0.5) is 0 Å². The van der Waals surface area contributed by atoms with Gasteiger partial charge in [0.05, 0.1) is 17.3 Å². The van der Waals surface area contributed by atoms with Gasteiger partial charge in [-0.1, -0.05) is 78.6 Å². The fourth-order valence-electron chi connectivity index (χ4n) is 11.6. The van der Waals surface area contributed by atoms with E-state index < -0.39 is 36.4 Å². The number of allylic oxidation sites excluding steroid dienone is 3. The Morgan fingerprint density at radius 2 is 1.58 bits per heavy atom. The van der Waals surface area contributed by atoms with Gasteiger partial charge in [-0.25, -0.2) is 4.79 Å². The fraction of sp³-hybridized carbons (Fsp3) is 0.689. The standard InChI is InChI=1S/C45H64Br2O6/c1-25(2)32(29-19-30(46)21-31(47)20-29)13-14-33(40(49)51-24-52-41(50)42(7,8)9)38-35-22-36(48)39-43(10)17-15-27(5)28(6)34(43)16-18-44(39,11)45(35,12)23-37(38)53-26(3)4/h19-21,27-28,34-37,39,48H,3,13-18,22-24H2,1-2,4-12H3/b38-33-/t27-,28+,34+,35+,36-,37?,39+,43+,44+,45+/m1/s1. The van der Waals surface area contributed by atoms with E-state index in [-0.39, 0.29) is 28.1 Å². The number of benzene rings is 1. The summed E-state index contributed by atoms with van der Waals surface area (Å²) in [6.45, 7) is 27.2. The number of fused-ring (bicyclic) bond motifs is 5. The van der Waals surface area contributed by atoms with Crippen LogP contribution in [0.2, 0.25) is 0 Å². The molecule has 6 nitrogen and oxygen atoms in total. The van der Waals surface area contributed by atoms with Gasteiger partial charge in [-0.3, -0.25) is 4.79 Å². The maximum Gasteiger partial charge on any atom is 0.336 e. The minimum atomic E-state index is -0.730. The molecule has 0 amide bonds. The van der Waals surface area contributed by atoms with E-state index in [2.05, 4.69) is 99.0 Å². The van der Waals surface area contributed by atoms with Crippen LogP contribution in [-0.4, -0.2) is 36.0 Å². The first-order valence-electron chi connectivity index (χ1n) is 19.8. The van der Waals surface area contributed by atoms with Gasteiger partial charge in [0.15, 0.2) is 0 Å². The van der Waals surface area contributed by atoms with Crippen molar-refractivity contribution >= 4 is 49.4 Å². The summed E-state index contributed by atoms with van der Waals surface area (Å²) in [5.41, 5.74) is 3.72. The molecule has 10 atom stereocenters. The summed E-state index contributed by atoms with van der Waals surface area (Å²) in [6.07, 6.45) is 5.90. The molecular formula is C45H64Br2O6. The molecular weight excluding hydrogens is 796 g/mol. The lowest BCUT2D eigenvalue weighted by atomic mass is 9.36. The number of hydrogen-bond acceptors (Lipinski definition) is 6. The lowest BCUT2D eigenvalue weighted by Crippen LogP contribution is -2.65. The van der Waals surface area contributed by atoms with E-state index in [1.807, 2.05) is 13.0 Å². The number of carbonyl (C=O) groups is 2. The molecule has 53 heavy (non-hydrogen) atoms. The summed E-state index contributed by atoms with van der Waals surface area (Å²) < 4.78 is 19.8. The average Bonchev–Trinajstić information content (AvgIpc) is 3.30. The van der Waals surface area contributed by atoms with Crippen LogP contribution < -0.4 is 0 Å². The number of ether oxygens (including phenoxy) is 3. The van der Waals surface area contributed by atoms with Crippen LogP contribution in [-0.2, 0) is 23.8 Å². The second kappa shape index (κ2) is 15.6. The Bertz CT molecular complexity index is 1650. The number of halogens is 2. The number of aliphatic hydroxyl groups excluding tert-OH is 1. The average molecular weight is 861 g/mol. The zero-order valence-corrected chi connectivity index (χ0v) is 37.3. The summed E-state index contributed by atoms with van der Waals surface area (Å²) in [5, 5.41) is 12.5. The molecule has 0 aromatic heterocycles. The van der Waals surface area contributed by atoms with E-state index in [4.69, 9.17) is 14.2 Å². The Morgan fingerprint density at radius 3 is 2.17 bits per heavy atom. The van der Waals surface area contributed by atoms with Gasteiger partial charge in [0.1, 0.15) is 6.10 Å². The number of carbonyl (C=O) groups excluding carboxylic acids is 2. The Labute approximate surface area is 336 Å². The highest BCUT2D eigenvalue weighted by Gasteiger charge is 2.70. The van der Waals surface area contributed by atoms with Crippen molar-refractivity contribution in [2.45, 2.75) is 140 Å². The monoisotopic (exact) mass is 858 g/mol. The van der Waals surface area contributed by atoms with Crippen molar-refractivity contribution < 1.29 is 28.9 Å². The van der Waals surface area contributed by atoms with Gasteiger partial charge in [-0.05, 0) is 174 Å². The highest BCUT2D eigenvalue weighted by molar-refractivity contribution is 9.11. The molecule has 0 heterocycles. The number of aliphatic hydroxyl groups is 1. The topological polar surface area (TPSA) is 82.1 Å². The van der Waals surface area contributed by atoms with E-state index >= 15 is 0 Å². The third-order valence-electron chi connectivity index (χ3n) is 14.5. The molecule has 0 spiro atoms. The van der Waals surface area contributed by atoms with Crippen LogP contribution in [0.15, 0.2) is 56.2 Å². The molecule has 8 heteroatoms.